The zero-order chi connectivity index (χ0) is 16.0. The molecule has 4 atom stereocenters. The molecule has 4 unspecified atom stereocenters. The van der Waals surface area contributed by atoms with Crippen molar-refractivity contribution in [2.45, 2.75) is 30.4 Å². The van der Waals surface area contributed by atoms with Crippen molar-refractivity contribution >= 4 is 11.5 Å². The fourth-order valence-corrected chi connectivity index (χ4v) is 5.36. The fourth-order valence-electron chi connectivity index (χ4n) is 5.36. The van der Waals surface area contributed by atoms with Gasteiger partial charge in [0.1, 0.15) is 5.54 Å². The molecule has 1 fully saturated rings. The number of fused-ring (bicyclic) bond motifs is 9. The lowest BCUT2D eigenvalue weighted by Crippen LogP contribution is -2.58. The second-order valence-corrected chi connectivity index (χ2v) is 7.31. The highest BCUT2D eigenvalue weighted by molar-refractivity contribution is 6.07. The standard InChI is InChI=1S/C20H19NO2/c1-19-15-11-12-7-3-4-8-13(12)17(15)20(23,18(19)22)14-9-5-6-10-16(14)21(19)2/h3-10,15,17,23H,11H2,1-2H3. The molecule has 3 nitrogen and oxygen atoms in total. The number of hydrogen-bond acceptors (Lipinski definition) is 3. The topological polar surface area (TPSA) is 40.5 Å². The van der Waals surface area contributed by atoms with Crippen LogP contribution in [0.1, 0.15) is 29.5 Å². The largest absolute Gasteiger partial charge is 0.376 e. The smallest absolute Gasteiger partial charge is 0.195 e. The molecule has 0 saturated heterocycles. The highest BCUT2D eigenvalue weighted by Gasteiger charge is 2.72. The van der Waals surface area contributed by atoms with Gasteiger partial charge in [0.25, 0.3) is 0 Å². The number of Topliss-reactive ketones (excluding diaryl/α,β-unsaturated/α-hetero) is 1. The first-order chi connectivity index (χ1) is 11.0. The summed E-state index contributed by atoms with van der Waals surface area (Å²) in [6, 6.07) is 16.1. The normalized spacial score (nSPS) is 36.7. The van der Waals surface area contributed by atoms with Crippen molar-refractivity contribution in [3.63, 3.8) is 0 Å². The number of carbonyl (C=O) groups is 1. The van der Waals surface area contributed by atoms with Gasteiger partial charge in [-0.1, -0.05) is 42.5 Å². The maximum atomic E-state index is 13.3. The molecule has 2 aromatic carbocycles. The van der Waals surface area contributed by atoms with Crippen LogP contribution in [0.4, 0.5) is 5.69 Å². The van der Waals surface area contributed by atoms with E-state index in [9.17, 15) is 9.90 Å². The molecule has 1 N–H and O–H groups in total. The van der Waals surface area contributed by atoms with Gasteiger partial charge in [-0.25, -0.2) is 0 Å². The number of anilines is 1. The first kappa shape index (κ1) is 13.3. The molecule has 2 bridgehead atoms. The van der Waals surface area contributed by atoms with Gasteiger partial charge in [0.2, 0.25) is 0 Å². The average Bonchev–Trinajstić information content (AvgIpc) is 3.03. The molecule has 23 heavy (non-hydrogen) atoms. The predicted molar refractivity (Wildman–Crippen MR) is 88.5 cm³/mol. The Morgan fingerprint density at radius 1 is 1.13 bits per heavy atom. The van der Waals surface area contributed by atoms with E-state index in [-0.39, 0.29) is 17.6 Å². The average molecular weight is 305 g/mol. The Kier molecular flexibility index (Phi) is 2.23. The number of likely N-dealkylation sites (N-methyl/N-ethyl adjacent to an activating group) is 1. The van der Waals surface area contributed by atoms with E-state index < -0.39 is 11.1 Å². The third-order valence-corrected chi connectivity index (χ3v) is 6.58. The van der Waals surface area contributed by atoms with Gasteiger partial charge in [-0.2, -0.15) is 0 Å². The highest BCUT2D eigenvalue weighted by atomic mass is 16.3. The van der Waals surface area contributed by atoms with Crippen LogP contribution in [0.2, 0.25) is 0 Å². The summed E-state index contributed by atoms with van der Waals surface area (Å²) in [4.78, 5) is 15.4. The molecule has 0 amide bonds. The van der Waals surface area contributed by atoms with E-state index in [1.165, 1.54) is 5.56 Å². The van der Waals surface area contributed by atoms with Gasteiger partial charge in [0.05, 0.1) is 0 Å². The van der Waals surface area contributed by atoms with Crippen LogP contribution in [0, 0.1) is 5.92 Å². The zero-order valence-corrected chi connectivity index (χ0v) is 13.3. The van der Waals surface area contributed by atoms with Gasteiger partial charge in [0.15, 0.2) is 11.4 Å². The van der Waals surface area contributed by atoms with Gasteiger partial charge in [-0.3, -0.25) is 4.79 Å². The highest BCUT2D eigenvalue weighted by Crippen LogP contribution is 2.65. The molecular formula is C20H19NO2. The number of carbonyl (C=O) groups excluding carboxylic acids is 1. The second-order valence-electron chi connectivity index (χ2n) is 7.31. The summed E-state index contributed by atoms with van der Waals surface area (Å²) in [5, 5.41) is 11.7. The summed E-state index contributed by atoms with van der Waals surface area (Å²) < 4.78 is 0. The van der Waals surface area contributed by atoms with E-state index in [1.807, 2.05) is 50.4 Å². The fraction of sp³-hybridized carbons (Fsp3) is 0.350. The molecule has 1 saturated carbocycles. The summed E-state index contributed by atoms with van der Waals surface area (Å²) >= 11 is 0. The van der Waals surface area contributed by atoms with Crippen molar-refractivity contribution in [1.29, 1.82) is 0 Å². The summed E-state index contributed by atoms with van der Waals surface area (Å²) in [5.74, 6) is -0.0900. The number of ketones is 1. The van der Waals surface area contributed by atoms with Crippen molar-refractivity contribution in [2.24, 2.45) is 5.92 Å². The van der Waals surface area contributed by atoms with E-state index in [0.29, 0.717) is 0 Å². The lowest BCUT2D eigenvalue weighted by atomic mass is 9.76. The predicted octanol–water partition coefficient (Wildman–Crippen LogP) is 2.62. The second kappa shape index (κ2) is 3.85. The molecule has 116 valence electrons. The summed E-state index contributed by atoms with van der Waals surface area (Å²) in [6.45, 7) is 2.01. The van der Waals surface area contributed by atoms with Crippen LogP contribution in [0.3, 0.4) is 0 Å². The first-order valence-electron chi connectivity index (χ1n) is 8.19. The van der Waals surface area contributed by atoms with Gasteiger partial charge in [0, 0.05) is 30.1 Å². The third-order valence-electron chi connectivity index (χ3n) is 6.58. The van der Waals surface area contributed by atoms with Crippen LogP contribution in [-0.2, 0) is 16.8 Å². The van der Waals surface area contributed by atoms with Crippen LogP contribution in [0.25, 0.3) is 0 Å². The van der Waals surface area contributed by atoms with Crippen molar-refractivity contribution in [3.05, 3.63) is 65.2 Å². The lowest BCUT2D eigenvalue weighted by molar-refractivity contribution is -0.139. The molecule has 5 rings (SSSR count). The van der Waals surface area contributed by atoms with Crippen LogP contribution in [-0.4, -0.2) is 23.5 Å². The molecule has 3 aliphatic rings. The van der Waals surface area contributed by atoms with E-state index in [2.05, 4.69) is 17.0 Å². The number of nitrogens with zero attached hydrogens (tertiary/aromatic N) is 1. The number of benzene rings is 2. The van der Waals surface area contributed by atoms with E-state index in [1.54, 1.807) is 0 Å². The maximum Gasteiger partial charge on any atom is 0.195 e. The summed E-state index contributed by atoms with van der Waals surface area (Å²) in [5.41, 5.74) is 2.08. The Labute approximate surface area is 135 Å². The van der Waals surface area contributed by atoms with Crippen LogP contribution in [0.15, 0.2) is 48.5 Å². The van der Waals surface area contributed by atoms with Crippen LogP contribution < -0.4 is 4.90 Å². The van der Waals surface area contributed by atoms with Crippen molar-refractivity contribution in [1.82, 2.24) is 0 Å². The van der Waals surface area contributed by atoms with Crippen molar-refractivity contribution in [3.8, 4) is 0 Å². The minimum Gasteiger partial charge on any atom is -0.376 e. The molecule has 1 aliphatic heterocycles. The summed E-state index contributed by atoms with van der Waals surface area (Å²) in [7, 11) is 1.99. The van der Waals surface area contributed by atoms with Gasteiger partial charge in [-0.05, 0) is 30.5 Å². The monoisotopic (exact) mass is 305 g/mol. The number of para-hydroxylation sites is 1. The summed E-state index contributed by atoms with van der Waals surface area (Å²) in [6.07, 6.45) is 0.851. The number of hydrogen-bond donors (Lipinski definition) is 1. The molecular weight excluding hydrogens is 286 g/mol. The first-order valence-corrected chi connectivity index (χ1v) is 8.19. The van der Waals surface area contributed by atoms with E-state index in [4.69, 9.17) is 0 Å². The van der Waals surface area contributed by atoms with Crippen molar-refractivity contribution in [2.75, 3.05) is 11.9 Å². The lowest BCUT2D eigenvalue weighted by Gasteiger charge is -2.45. The third kappa shape index (κ3) is 1.23. The Bertz CT molecular complexity index is 860. The molecule has 0 aromatic heterocycles. The molecule has 2 aromatic rings. The Balaban J connectivity index is 1.87. The van der Waals surface area contributed by atoms with E-state index >= 15 is 0 Å². The molecule has 0 spiro atoms. The van der Waals surface area contributed by atoms with Gasteiger partial charge in [-0.15, -0.1) is 0 Å². The minimum absolute atomic E-state index is 0.0456. The Morgan fingerprint density at radius 3 is 2.65 bits per heavy atom. The molecule has 0 radical (unpaired) electrons. The van der Waals surface area contributed by atoms with Crippen LogP contribution in [0.5, 0.6) is 0 Å². The SMILES string of the molecule is CN1c2ccccc2C2(O)C(=O)C1(C)C1Cc3ccccc3C12. The zero-order valence-electron chi connectivity index (χ0n) is 13.3. The molecule has 1 heterocycles. The van der Waals surface area contributed by atoms with Gasteiger partial charge >= 0.3 is 0 Å². The van der Waals surface area contributed by atoms with E-state index in [0.717, 1.165) is 23.2 Å². The minimum atomic E-state index is -1.41. The molecule has 2 aliphatic carbocycles. The maximum absolute atomic E-state index is 13.3. The Hall–Kier alpha value is -2.13. The Morgan fingerprint density at radius 2 is 1.83 bits per heavy atom. The number of rotatable bonds is 0. The van der Waals surface area contributed by atoms with Crippen LogP contribution >= 0.6 is 0 Å². The number of aliphatic hydroxyl groups is 1. The van der Waals surface area contributed by atoms with Gasteiger partial charge < -0.3 is 10.0 Å². The molecule has 3 heteroatoms. The van der Waals surface area contributed by atoms with Crippen molar-refractivity contribution < 1.29 is 9.90 Å². The quantitative estimate of drug-likeness (QED) is 0.813.